The van der Waals surface area contributed by atoms with Crippen LogP contribution in [0.2, 0.25) is 0 Å². The molecule has 10 nitrogen and oxygen atoms in total. The Balaban J connectivity index is 1.44. The number of amides is 2. The largest absolute Gasteiger partial charge is 0.444 e. The van der Waals surface area contributed by atoms with Crippen molar-refractivity contribution in [2.24, 2.45) is 5.92 Å². The van der Waals surface area contributed by atoms with Gasteiger partial charge in [-0.2, -0.15) is 0 Å². The van der Waals surface area contributed by atoms with E-state index in [0.717, 1.165) is 47.8 Å². The Morgan fingerprint density at radius 2 is 1.62 bits per heavy atom. The molecule has 0 bridgehead atoms. The van der Waals surface area contributed by atoms with Gasteiger partial charge in [-0.1, -0.05) is 43.0 Å². The number of nitrogens with zero attached hydrogens (tertiary/aromatic N) is 5. The third kappa shape index (κ3) is 9.45. The maximum absolute atomic E-state index is 13.4. The molecule has 0 unspecified atom stereocenters. The predicted octanol–water partition coefficient (Wildman–Crippen LogP) is 7.10. The Labute approximate surface area is 267 Å². The minimum absolute atomic E-state index is 0.224. The number of nitrogen functional groups attached to an aromatic ring is 1. The van der Waals surface area contributed by atoms with Crippen molar-refractivity contribution in [3.8, 4) is 0 Å². The lowest BCUT2D eigenvalue weighted by atomic mass is 10.1. The lowest BCUT2D eigenvalue weighted by Crippen LogP contribution is -2.42. The van der Waals surface area contributed by atoms with Crippen LogP contribution in [-0.4, -0.2) is 73.9 Å². The quantitative estimate of drug-likeness (QED) is 0.244. The Kier molecular flexibility index (Phi) is 10.8. The SMILES string of the molecule is C=Cc1cn([C@H]2CC[C@@H](CN(CCCN(CCc3ccccc3)C(=O)OC(C)(C)C)C(=O)OC(C)(C)C)C2)c2ncnc(N)c12. The Bertz CT molecular complexity index is 1460. The monoisotopic (exact) mass is 618 g/mol. The number of rotatable bonds is 11. The van der Waals surface area contributed by atoms with Crippen LogP contribution in [0, 0.1) is 5.92 Å². The normalized spacial score (nSPS) is 16.8. The minimum Gasteiger partial charge on any atom is -0.444 e. The highest BCUT2D eigenvalue weighted by Crippen LogP contribution is 2.39. The number of benzene rings is 1. The van der Waals surface area contributed by atoms with Crippen LogP contribution in [0.1, 0.15) is 84.4 Å². The smallest absolute Gasteiger partial charge is 0.410 e. The van der Waals surface area contributed by atoms with Gasteiger partial charge < -0.3 is 29.6 Å². The number of hydrogen-bond acceptors (Lipinski definition) is 7. The molecular weight excluding hydrogens is 568 g/mol. The van der Waals surface area contributed by atoms with Crippen LogP contribution >= 0.6 is 0 Å². The van der Waals surface area contributed by atoms with E-state index in [9.17, 15) is 9.59 Å². The van der Waals surface area contributed by atoms with E-state index < -0.39 is 11.2 Å². The zero-order valence-electron chi connectivity index (χ0n) is 27.8. The van der Waals surface area contributed by atoms with Gasteiger partial charge in [0, 0.05) is 44.0 Å². The average molecular weight is 619 g/mol. The van der Waals surface area contributed by atoms with Crippen LogP contribution in [-0.2, 0) is 15.9 Å². The molecule has 2 aromatic heterocycles. The van der Waals surface area contributed by atoms with Crippen LogP contribution in [0.25, 0.3) is 17.1 Å². The molecule has 2 N–H and O–H groups in total. The molecule has 3 aromatic rings. The fourth-order valence-electron chi connectivity index (χ4n) is 5.92. The fourth-order valence-corrected chi connectivity index (χ4v) is 5.92. The van der Waals surface area contributed by atoms with E-state index in [-0.39, 0.29) is 24.1 Å². The Hall–Kier alpha value is -4.08. The van der Waals surface area contributed by atoms with Crippen molar-refractivity contribution in [1.82, 2.24) is 24.3 Å². The second-order valence-corrected chi connectivity index (χ2v) is 14.0. The van der Waals surface area contributed by atoms with E-state index in [1.54, 1.807) is 11.0 Å². The highest BCUT2D eigenvalue weighted by Gasteiger charge is 2.32. The van der Waals surface area contributed by atoms with E-state index >= 15 is 0 Å². The molecule has 1 aliphatic rings. The number of carbonyl (C=O) groups is 2. The second kappa shape index (κ2) is 14.3. The van der Waals surface area contributed by atoms with E-state index in [4.69, 9.17) is 15.2 Å². The molecule has 0 saturated heterocycles. The first kappa shape index (κ1) is 33.8. The molecule has 1 aliphatic carbocycles. The highest BCUT2D eigenvalue weighted by molar-refractivity contribution is 5.94. The minimum atomic E-state index is -0.615. The molecule has 45 heavy (non-hydrogen) atoms. The lowest BCUT2D eigenvalue weighted by Gasteiger charge is -2.31. The van der Waals surface area contributed by atoms with Gasteiger partial charge in [0.2, 0.25) is 0 Å². The summed E-state index contributed by atoms with van der Waals surface area (Å²) in [5.41, 5.74) is 7.86. The highest BCUT2D eigenvalue weighted by atomic mass is 16.6. The first-order valence-electron chi connectivity index (χ1n) is 16.0. The number of hydrogen-bond donors (Lipinski definition) is 1. The van der Waals surface area contributed by atoms with E-state index in [2.05, 4.69) is 39.4 Å². The number of ether oxygens (including phenoxy) is 2. The van der Waals surface area contributed by atoms with Crippen molar-refractivity contribution in [3.63, 3.8) is 0 Å². The molecule has 244 valence electrons. The van der Waals surface area contributed by atoms with Crippen LogP contribution in [0.15, 0.2) is 49.4 Å². The molecule has 10 heteroatoms. The fraction of sp³-hybridized carbons (Fsp3) is 0.543. The summed E-state index contributed by atoms with van der Waals surface area (Å²) in [6.45, 7) is 17.2. The first-order valence-corrected chi connectivity index (χ1v) is 16.0. The summed E-state index contributed by atoms with van der Waals surface area (Å²) in [5, 5.41) is 0.827. The van der Waals surface area contributed by atoms with Gasteiger partial charge in [0.1, 0.15) is 29.0 Å². The van der Waals surface area contributed by atoms with Crippen molar-refractivity contribution >= 4 is 35.1 Å². The van der Waals surface area contributed by atoms with Crippen LogP contribution in [0.4, 0.5) is 15.4 Å². The molecule has 1 saturated carbocycles. The van der Waals surface area contributed by atoms with Crippen LogP contribution < -0.4 is 5.73 Å². The molecule has 2 atom stereocenters. The third-order valence-electron chi connectivity index (χ3n) is 7.95. The number of aromatic nitrogens is 3. The average Bonchev–Trinajstić information content (AvgIpc) is 3.58. The van der Waals surface area contributed by atoms with Gasteiger partial charge in [-0.15, -0.1) is 0 Å². The molecule has 0 radical (unpaired) electrons. The van der Waals surface area contributed by atoms with Crippen molar-refractivity contribution in [2.45, 2.75) is 90.9 Å². The van der Waals surface area contributed by atoms with Gasteiger partial charge in [-0.3, -0.25) is 0 Å². The van der Waals surface area contributed by atoms with E-state index in [1.165, 1.54) is 6.33 Å². The number of anilines is 1. The van der Waals surface area contributed by atoms with Crippen LogP contribution in [0.3, 0.4) is 0 Å². The van der Waals surface area contributed by atoms with Gasteiger partial charge in [0.15, 0.2) is 0 Å². The summed E-state index contributed by atoms with van der Waals surface area (Å²) in [6.07, 6.45) is 8.81. The van der Waals surface area contributed by atoms with Crippen molar-refractivity contribution < 1.29 is 19.1 Å². The molecule has 2 amide bonds. The molecule has 2 heterocycles. The molecular formula is C35H50N6O4. The summed E-state index contributed by atoms with van der Waals surface area (Å²) in [7, 11) is 0. The predicted molar refractivity (Wildman–Crippen MR) is 179 cm³/mol. The first-order chi connectivity index (χ1) is 21.2. The van der Waals surface area contributed by atoms with Gasteiger partial charge in [-0.25, -0.2) is 19.6 Å². The van der Waals surface area contributed by atoms with Gasteiger partial charge in [-0.05, 0) is 85.1 Å². The van der Waals surface area contributed by atoms with Crippen molar-refractivity contribution in [1.29, 1.82) is 0 Å². The van der Waals surface area contributed by atoms with E-state index in [0.29, 0.717) is 38.4 Å². The molecule has 1 fully saturated rings. The van der Waals surface area contributed by atoms with Crippen molar-refractivity contribution in [3.05, 3.63) is 60.6 Å². The van der Waals surface area contributed by atoms with Gasteiger partial charge >= 0.3 is 12.2 Å². The van der Waals surface area contributed by atoms with Gasteiger partial charge in [0.05, 0.1) is 5.39 Å². The number of nitrogens with two attached hydrogens (primary N) is 1. The molecule has 4 rings (SSSR count). The molecule has 0 aliphatic heterocycles. The standard InChI is InChI=1S/C35H50N6O4/c1-8-27-23-41(31-29(27)30(36)37-24-38-31)28-16-15-26(21-28)22-40(33(43)45-35(5,6)7)19-12-18-39(32(42)44-34(2,3)4)20-17-25-13-10-9-11-14-25/h8-11,13-14,23-24,26,28H,1,12,15-22H2,2-7H3,(H2,36,37,38)/t26-,28+/m1/s1. The summed E-state index contributed by atoms with van der Waals surface area (Å²) in [6, 6.07) is 10.3. The topological polar surface area (TPSA) is 116 Å². The summed E-state index contributed by atoms with van der Waals surface area (Å²) in [5.74, 6) is 0.731. The maximum Gasteiger partial charge on any atom is 0.410 e. The Morgan fingerprint density at radius 3 is 2.27 bits per heavy atom. The van der Waals surface area contributed by atoms with Gasteiger partial charge in [0.25, 0.3) is 0 Å². The summed E-state index contributed by atoms with van der Waals surface area (Å²) >= 11 is 0. The second-order valence-electron chi connectivity index (χ2n) is 14.0. The zero-order valence-corrected chi connectivity index (χ0v) is 27.8. The van der Waals surface area contributed by atoms with Crippen molar-refractivity contribution in [2.75, 3.05) is 31.9 Å². The summed E-state index contributed by atoms with van der Waals surface area (Å²) < 4.78 is 13.7. The third-order valence-corrected chi connectivity index (χ3v) is 7.95. The van der Waals surface area contributed by atoms with E-state index in [1.807, 2.05) is 64.6 Å². The number of carbonyl (C=O) groups excluding carboxylic acids is 2. The molecule has 1 aromatic carbocycles. The van der Waals surface area contributed by atoms with Crippen LogP contribution in [0.5, 0.6) is 0 Å². The Morgan fingerprint density at radius 1 is 0.978 bits per heavy atom. The maximum atomic E-state index is 13.4. The number of fused-ring (bicyclic) bond motifs is 1. The zero-order chi connectivity index (χ0) is 32.8. The lowest BCUT2D eigenvalue weighted by molar-refractivity contribution is 0.0186. The summed E-state index contributed by atoms with van der Waals surface area (Å²) in [4.78, 5) is 38.8. The molecule has 0 spiro atoms.